The van der Waals surface area contributed by atoms with Crippen LogP contribution in [-0.4, -0.2) is 37.9 Å². The molecule has 2 atom stereocenters. The molecule has 5 heteroatoms. The SMILES string of the molecule is Cc1ccc(S(=O)(=O)N2C(C)CNCC2C)cc1C. The number of hydrogen-bond donors (Lipinski definition) is 1. The van der Waals surface area contributed by atoms with Crippen molar-refractivity contribution in [3.05, 3.63) is 29.3 Å². The average Bonchev–Trinajstić information content (AvgIpc) is 2.32. The van der Waals surface area contributed by atoms with Crippen LogP contribution in [0.25, 0.3) is 0 Å². The zero-order valence-electron chi connectivity index (χ0n) is 12.0. The molecule has 0 aliphatic carbocycles. The summed E-state index contributed by atoms with van der Waals surface area (Å²) >= 11 is 0. The molecule has 1 saturated heterocycles. The van der Waals surface area contributed by atoms with Gasteiger partial charge in [0, 0.05) is 25.2 Å². The molecular weight excluding hydrogens is 260 g/mol. The fourth-order valence-corrected chi connectivity index (χ4v) is 4.49. The van der Waals surface area contributed by atoms with E-state index in [9.17, 15) is 8.42 Å². The van der Waals surface area contributed by atoms with Crippen molar-refractivity contribution < 1.29 is 8.42 Å². The van der Waals surface area contributed by atoms with Crippen LogP contribution in [0.2, 0.25) is 0 Å². The fraction of sp³-hybridized carbons (Fsp3) is 0.571. The van der Waals surface area contributed by atoms with Crippen molar-refractivity contribution in [2.24, 2.45) is 0 Å². The third-order valence-corrected chi connectivity index (χ3v) is 5.93. The lowest BCUT2D eigenvalue weighted by molar-refractivity contribution is 0.220. The summed E-state index contributed by atoms with van der Waals surface area (Å²) in [6, 6.07) is 5.32. The van der Waals surface area contributed by atoms with Gasteiger partial charge in [-0.1, -0.05) is 6.07 Å². The number of rotatable bonds is 2. The Morgan fingerprint density at radius 2 is 1.68 bits per heavy atom. The van der Waals surface area contributed by atoms with Crippen LogP contribution in [0.5, 0.6) is 0 Å². The van der Waals surface area contributed by atoms with Crippen LogP contribution in [0.1, 0.15) is 25.0 Å². The molecule has 1 aliphatic rings. The molecule has 19 heavy (non-hydrogen) atoms. The lowest BCUT2D eigenvalue weighted by Crippen LogP contribution is -2.57. The van der Waals surface area contributed by atoms with E-state index in [-0.39, 0.29) is 12.1 Å². The summed E-state index contributed by atoms with van der Waals surface area (Å²) in [5, 5.41) is 3.25. The van der Waals surface area contributed by atoms with E-state index in [1.807, 2.05) is 33.8 Å². The first-order valence-corrected chi connectivity index (χ1v) is 8.09. The van der Waals surface area contributed by atoms with E-state index in [2.05, 4.69) is 5.32 Å². The topological polar surface area (TPSA) is 49.4 Å². The highest BCUT2D eigenvalue weighted by molar-refractivity contribution is 7.89. The Bertz CT molecular complexity index is 559. The molecule has 0 radical (unpaired) electrons. The van der Waals surface area contributed by atoms with Crippen molar-refractivity contribution >= 4 is 10.0 Å². The molecule has 0 spiro atoms. The van der Waals surface area contributed by atoms with E-state index >= 15 is 0 Å². The lowest BCUT2D eigenvalue weighted by atomic mass is 10.1. The first kappa shape index (κ1) is 14.5. The van der Waals surface area contributed by atoms with Crippen LogP contribution in [0, 0.1) is 13.8 Å². The molecular formula is C14H22N2O2S. The summed E-state index contributed by atoms with van der Waals surface area (Å²) in [5.41, 5.74) is 2.12. The van der Waals surface area contributed by atoms with Gasteiger partial charge in [-0.2, -0.15) is 4.31 Å². The standard InChI is InChI=1S/C14H22N2O2S/c1-10-5-6-14(7-11(10)2)19(17,18)16-12(3)8-15-9-13(16)4/h5-7,12-13,15H,8-9H2,1-4H3. The minimum atomic E-state index is -3.41. The Labute approximate surface area is 115 Å². The van der Waals surface area contributed by atoms with Gasteiger partial charge in [-0.25, -0.2) is 8.42 Å². The molecule has 1 fully saturated rings. The Balaban J connectivity index is 2.43. The fourth-order valence-electron chi connectivity index (χ4n) is 2.59. The first-order chi connectivity index (χ1) is 8.84. The molecule has 0 aromatic heterocycles. The quantitative estimate of drug-likeness (QED) is 0.898. The summed E-state index contributed by atoms with van der Waals surface area (Å²) < 4.78 is 27.2. The van der Waals surface area contributed by atoms with Gasteiger partial charge in [-0.3, -0.25) is 0 Å². The lowest BCUT2D eigenvalue weighted by Gasteiger charge is -2.38. The van der Waals surface area contributed by atoms with Gasteiger partial charge in [0.1, 0.15) is 0 Å². The van der Waals surface area contributed by atoms with Crippen LogP contribution >= 0.6 is 0 Å². The molecule has 1 aromatic carbocycles. The molecule has 1 N–H and O–H groups in total. The summed E-state index contributed by atoms with van der Waals surface area (Å²) in [6.45, 7) is 9.23. The number of benzene rings is 1. The third-order valence-electron chi connectivity index (χ3n) is 3.80. The molecule has 1 aromatic rings. The van der Waals surface area contributed by atoms with E-state index in [4.69, 9.17) is 0 Å². The molecule has 1 aliphatic heterocycles. The smallest absolute Gasteiger partial charge is 0.243 e. The van der Waals surface area contributed by atoms with Crippen molar-refractivity contribution in [2.45, 2.75) is 44.7 Å². The second-order valence-corrected chi connectivity index (χ2v) is 7.28. The van der Waals surface area contributed by atoms with E-state index in [0.717, 1.165) is 11.1 Å². The van der Waals surface area contributed by atoms with Crippen molar-refractivity contribution in [3.8, 4) is 0 Å². The summed E-state index contributed by atoms with van der Waals surface area (Å²) in [7, 11) is -3.41. The van der Waals surface area contributed by atoms with E-state index < -0.39 is 10.0 Å². The molecule has 0 saturated carbocycles. The zero-order chi connectivity index (χ0) is 14.2. The van der Waals surface area contributed by atoms with Crippen LogP contribution in [0.3, 0.4) is 0 Å². The predicted octanol–water partition coefficient (Wildman–Crippen LogP) is 1.67. The van der Waals surface area contributed by atoms with Crippen LogP contribution in [0.15, 0.2) is 23.1 Å². The van der Waals surface area contributed by atoms with Crippen molar-refractivity contribution in [2.75, 3.05) is 13.1 Å². The van der Waals surface area contributed by atoms with Gasteiger partial charge in [0.2, 0.25) is 10.0 Å². The number of nitrogens with one attached hydrogen (secondary N) is 1. The normalized spacial score (nSPS) is 25.5. The Kier molecular flexibility index (Phi) is 3.99. The molecule has 0 bridgehead atoms. The largest absolute Gasteiger partial charge is 0.314 e. The zero-order valence-corrected chi connectivity index (χ0v) is 12.8. The second-order valence-electron chi connectivity index (χ2n) is 5.44. The van der Waals surface area contributed by atoms with Gasteiger partial charge < -0.3 is 5.32 Å². The second kappa shape index (κ2) is 5.23. The Hall–Kier alpha value is -0.910. The molecule has 1 heterocycles. The minimum absolute atomic E-state index is 0.0182. The maximum Gasteiger partial charge on any atom is 0.243 e. The number of hydrogen-bond acceptors (Lipinski definition) is 3. The molecule has 2 unspecified atom stereocenters. The Morgan fingerprint density at radius 3 is 2.21 bits per heavy atom. The number of nitrogens with zero attached hydrogens (tertiary/aromatic N) is 1. The van der Waals surface area contributed by atoms with Gasteiger partial charge in [0.15, 0.2) is 0 Å². The molecule has 0 amide bonds. The number of aryl methyl sites for hydroxylation is 2. The molecule has 4 nitrogen and oxygen atoms in total. The highest BCUT2D eigenvalue weighted by Crippen LogP contribution is 2.24. The number of piperazine rings is 1. The van der Waals surface area contributed by atoms with Crippen molar-refractivity contribution in [1.82, 2.24) is 9.62 Å². The Morgan fingerprint density at radius 1 is 1.11 bits per heavy atom. The van der Waals surface area contributed by atoms with Crippen molar-refractivity contribution in [3.63, 3.8) is 0 Å². The third kappa shape index (κ3) is 2.68. The highest BCUT2D eigenvalue weighted by atomic mass is 32.2. The minimum Gasteiger partial charge on any atom is -0.314 e. The summed E-state index contributed by atoms with van der Waals surface area (Å²) in [6.07, 6.45) is 0. The predicted molar refractivity (Wildman–Crippen MR) is 76.7 cm³/mol. The summed E-state index contributed by atoms with van der Waals surface area (Å²) in [5.74, 6) is 0. The summed E-state index contributed by atoms with van der Waals surface area (Å²) in [4.78, 5) is 0.399. The van der Waals surface area contributed by atoms with Gasteiger partial charge in [-0.15, -0.1) is 0 Å². The van der Waals surface area contributed by atoms with Gasteiger partial charge in [0.25, 0.3) is 0 Å². The highest BCUT2D eigenvalue weighted by Gasteiger charge is 2.35. The van der Waals surface area contributed by atoms with E-state index in [0.29, 0.717) is 18.0 Å². The van der Waals surface area contributed by atoms with Crippen molar-refractivity contribution in [1.29, 1.82) is 0 Å². The van der Waals surface area contributed by atoms with Gasteiger partial charge in [-0.05, 0) is 51.0 Å². The van der Waals surface area contributed by atoms with Crippen LogP contribution in [0.4, 0.5) is 0 Å². The van der Waals surface area contributed by atoms with Gasteiger partial charge >= 0.3 is 0 Å². The average molecular weight is 282 g/mol. The first-order valence-electron chi connectivity index (χ1n) is 6.65. The van der Waals surface area contributed by atoms with Crippen LogP contribution < -0.4 is 5.32 Å². The maximum atomic E-state index is 12.8. The van der Waals surface area contributed by atoms with E-state index in [1.165, 1.54) is 0 Å². The van der Waals surface area contributed by atoms with Gasteiger partial charge in [0.05, 0.1) is 4.90 Å². The van der Waals surface area contributed by atoms with E-state index in [1.54, 1.807) is 16.4 Å². The monoisotopic (exact) mass is 282 g/mol. The molecule has 106 valence electrons. The maximum absolute atomic E-state index is 12.8. The van der Waals surface area contributed by atoms with Crippen LogP contribution in [-0.2, 0) is 10.0 Å². The molecule has 2 rings (SSSR count). The number of sulfonamides is 1.